The quantitative estimate of drug-likeness (QED) is 0.611. The van der Waals surface area contributed by atoms with Crippen LogP contribution >= 0.6 is 11.6 Å². The minimum atomic E-state index is 0.248. The molecule has 1 aromatic heterocycles. The maximum Gasteiger partial charge on any atom is 0.156 e. The van der Waals surface area contributed by atoms with E-state index in [1.807, 2.05) is 0 Å². The molecule has 5 heteroatoms. The lowest BCUT2D eigenvalue weighted by Gasteiger charge is -2.36. The molecule has 2 heterocycles. The number of hydrogen-bond acceptors (Lipinski definition) is 4. The second-order valence-electron chi connectivity index (χ2n) is 5.27. The summed E-state index contributed by atoms with van der Waals surface area (Å²) in [5, 5.41) is 0.248. The van der Waals surface area contributed by atoms with E-state index in [4.69, 9.17) is 11.6 Å². The van der Waals surface area contributed by atoms with Gasteiger partial charge in [0.05, 0.1) is 5.56 Å². The summed E-state index contributed by atoms with van der Waals surface area (Å²) in [4.78, 5) is 21.8. The summed E-state index contributed by atoms with van der Waals surface area (Å²) in [6.45, 7) is 8.06. The van der Waals surface area contributed by atoms with Crippen molar-refractivity contribution in [2.75, 3.05) is 18.0 Å². The molecular weight excluding hydrogens is 250 g/mol. The summed E-state index contributed by atoms with van der Waals surface area (Å²) in [6.07, 6.45) is 1.96. The van der Waals surface area contributed by atoms with E-state index in [1.165, 1.54) is 6.42 Å². The molecule has 0 radical (unpaired) electrons. The first-order chi connectivity index (χ1) is 8.51. The predicted octanol–water partition coefficient (Wildman–Crippen LogP) is 2.73. The average Bonchev–Trinajstić information content (AvgIpc) is 2.26. The number of aldehydes is 1. The molecule has 0 aromatic carbocycles. The number of aromatic nitrogens is 2. The second kappa shape index (κ2) is 5.22. The van der Waals surface area contributed by atoms with Gasteiger partial charge in [0.15, 0.2) is 6.29 Å². The van der Waals surface area contributed by atoms with Crippen molar-refractivity contribution in [3.8, 4) is 0 Å². The van der Waals surface area contributed by atoms with E-state index in [0.717, 1.165) is 19.4 Å². The fraction of sp³-hybridized carbons (Fsp3) is 0.615. The van der Waals surface area contributed by atoms with Gasteiger partial charge in [-0.1, -0.05) is 25.4 Å². The summed E-state index contributed by atoms with van der Waals surface area (Å²) < 4.78 is 0. The summed E-state index contributed by atoms with van der Waals surface area (Å²) >= 11 is 6.02. The van der Waals surface area contributed by atoms with E-state index in [2.05, 4.69) is 28.7 Å². The van der Waals surface area contributed by atoms with Crippen LogP contribution in [0.3, 0.4) is 0 Å². The van der Waals surface area contributed by atoms with E-state index in [9.17, 15) is 4.79 Å². The van der Waals surface area contributed by atoms with Gasteiger partial charge in [0, 0.05) is 13.1 Å². The number of halogens is 1. The van der Waals surface area contributed by atoms with Crippen LogP contribution in [-0.4, -0.2) is 29.3 Å². The molecule has 2 rings (SSSR count). The standard InChI is InChI=1S/C13H18ClN3O/c1-8-4-9(2)6-17(5-8)13-11(7-18)12(14)15-10(3)16-13/h7-9H,4-6H2,1-3H3. The van der Waals surface area contributed by atoms with Crippen LogP contribution in [0.15, 0.2) is 0 Å². The third-order valence-corrected chi connectivity index (χ3v) is 3.57. The van der Waals surface area contributed by atoms with Crippen LogP contribution in [0.5, 0.6) is 0 Å². The predicted molar refractivity (Wildman–Crippen MR) is 72.3 cm³/mol. The Balaban J connectivity index is 2.40. The molecule has 2 unspecified atom stereocenters. The smallest absolute Gasteiger partial charge is 0.156 e. The molecule has 98 valence electrons. The molecule has 0 amide bonds. The third kappa shape index (κ3) is 2.64. The first-order valence-corrected chi connectivity index (χ1v) is 6.63. The highest BCUT2D eigenvalue weighted by Crippen LogP contribution is 2.29. The SMILES string of the molecule is Cc1nc(Cl)c(C=O)c(N2CC(C)CC(C)C2)n1. The minimum absolute atomic E-state index is 0.248. The molecule has 0 saturated carbocycles. The minimum Gasteiger partial charge on any atom is -0.355 e. The van der Waals surface area contributed by atoms with E-state index in [0.29, 0.717) is 29.0 Å². The summed E-state index contributed by atoms with van der Waals surface area (Å²) in [5.74, 6) is 2.48. The largest absolute Gasteiger partial charge is 0.355 e. The van der Waals surface area contributed by atoms with Gasteiger partial charge in [-0.3, -0.25) is 4.79 Å². The molecule has 1 fully saturated rings. The van der Waals surface area contributed by atoms with Gasteiger partial charge in [0.1, 0.15) is 16.8 Å². The Kier molecular flexibility index (Phi) is 3.85. The molecule has 1 saturated heterocycles. The first kappa shape index (κ1) is 13.3. The number of rotatable bonds is 2. The van der Waals surface area contributed by atoms with E-state index in [1.54, 1.807) is 6.92 Å². The van der Waals surface area contributed by atoms with Crippen LogP contribution in [0.2, 0.25) is 5.15 Å². The lowest BCUT2D eigenvalue weighted by Crippen LogP contribution is -2.40. The Hall–Kier alpha value is -1.16. The average molecular weight is 268 g/mol. The Bertz CT molecular complexity index is 454. The van der Waals surface area contributed by atoms with Gasteiger partial charge < -0.3 is 4.90 Å². The molecule has 0 bridgehead atoms. The molecule has 18 heavy (non-hydrogen) atoms. The van der Waals surface area contributed by atoms with Gasteiger partial charge in [-0.15, -0.1) is 0 Å². The molecule has 0 spiro atoms. The number of aryl methyl sites for hydroxylation is 1. The molecule has 4 nitrogen and oxygen atoms in total. The number of hydrogen-bond donors (Lipinski definition) is 0. The van der Waals surface area contributed by atoms with Gasteiger partial charge in [-0.05, 0) is 25.2 Å². The zero-order chi connectivity index (χ0) is 13.3. The van der Waals surface area contributed by atoms with E-state index >= 15 is 0 Å². The maximum absolute atomic E-state index is 11.2. The van der Waals surface area contributed by atoms with Crippen molar-refractivity contribution >= 4 is 23.7 Å². The zero-order valence-corrected chi connectivity index (χ0v) is 11.7. The number of piperidine rings is 1. The summed E-state index contributed by atoms with van der Waals surface area (Å²) in [6, 6.07) is 0. The molecule has 1 aliphatic heterocycles. The second-order valence-corrected chi connectivity index (χ2v) is 5.63. The molecule has 1 aromatic rings. The van der Waals surface area contributed by atoms with Gasteiger partial charge in [-0.25, -0.2) is 9.97 Å². The fourth-order valence-electron chi connectivity index (χ4n) is 2.71. The van der Waals surface area contributed by atoms with Crippen LogP contribution in [0.1, 0.15) is 36.5 Å². The number of carbonyl (C=O) groups excluding carboxylic acids is 1. The lowest BCUT2D eigenvalue weighted by atomic mass is 9.92. The van der Waals surface area contributed by atoms with Crippen LogP contribution in [0, 0.1) is 18.8 Å². The maximum atomic E-state index is 11.2. The van der Waals surface area contributed by atoms with Crippen LogP contribution in [0.4, 0.5) is 5.82 Å². The fourth-order valence-corrected chi connectivity index (χ4v) is 2.96. The summed E-state index contributed by atoms with van der Waals surface area (Å²) in [5.41, 5.74) is 0.406. The highest BCUT2D eigenvalue weighted by Gasteiger charge is 2.25. The van der Waals surface area contributed by atoms with Gasteiger partial charge in [-0.2, -0.15) is 0 Å². The Morgan fingerprint density at radius 1 is 1.28 bits per heavy atom. The van der Waals surface area contributed by atoms with Crippen molar-refractivity contribution in [1.82, 2.24) is 9.97 Å². The molecule has 0 N–H and O–H groups in total. The van der Waals surface area contributed by atoms with E-state index < -0.39 is 0 Å². The van der Waals surface area contributed by atoms with Crippen molar-refractivity contribution in [3.63, 3.8) is 0 Å². The Morgan fingerprint density at radius 2 is 1.89 bits per heavy atom. The Labute approximate surface area is 112 Å². The van der Waals surface area contributed by atoms with Crippen molar-refractivity contribution in [2.45, 2.75) is 27.2 Å². The van der Waals surface area contributed by atoms with Crippen molar-refractivity contribution in [3.05, 3.63) is 16.5 Å². The highest BCUT2D eigenvalue weighted by atomic mass is 35.5. The van der Waals surface area contributed by atoms with Gasteiger partial charge in [0.2, 0.25) is 0 Å². The third-order valence-electron chi connectivity index (χ3n) is 3.28. The van der Waals surface area contributed by atoms with Crippen LogP contribution in [-0.2, 0) is 0 Å². The van der Waals surface area contributed by atoms with E-state index in [-0.39, 0.29) is 5.15 Å². The number of anilines is 1. The molecule has 0 aliphatic carbocycles. The van der Waals surface area contributed by atoms with Gasteiger partial charge in [0.25, 0.3) is 0 Å². The highest BCUT2D eigenvalue weighted by molar-refractivity contribution is 6.32. The normalized spacial score (nSPS) is 24.1. The number of nitrogens with zero attached hydrogens (tertiary/aromatic N) is 3. The van der Waals surface area contributed by atoms with Crippen LogP contribution in [0.25, 0.3) is 0 Å². The van der Waals surface area contributed by atoms with Gasteiger partial charge >= 0.3 is 0 Å². The van der Waals surface area contributed by atoms with Crippen LogP contribution < -0.4 is 4.90 Å². The molecule has 2 atom stereocenters. The lowest BCUT2D eigenvalue weighted by molar-refractivity contribution is 0.112. The topological polar surface area (TPSA) is 46.1 Å². The van der Waals surface area contributed by atoms with Crippen molar-refractivity contribution in [1.29, 1.82) is 0 Å². The van der Waals surface area contributed by atoms with Crippen molar-refractivity contribution in [2.24, 2.45) is 11.8 Å². The number of carbonyl (C=O) groups is 1. The monoisotopic (exact) mass is 267 g/mol. The molecule has 1 aliphatic rings. The zero-order valence-electron chi connectivity index (χ0n) is 11.0. The first-order valence-electron chi connectivity index (χ1n) is 6.25. The van der Waals surface area contributed by atoms with Crippen molar-refractivity contribution < 1.29 is 4.79 Å². The summed E-state index contributed by atoms with van der Waals surface area (Å²) in [7, 11) is 0. The molecular formula is C13H18ClN3O. The Morgan fingerprint density at radius 3 is 2.44 bits per heavy atom.